The van der Waals surface area contributed by atoms with Gasteiger partial charge in [-0.3, -0.25) is 4.99 Å². The summed E-state index contributed by atoms with van der Waals surface area (Å²) >= 11 is 0. The summed E-state index contributed by atoms with van der Waals surface area (Å²) in [6.07, 6.45) is 11.6. The number of hydrogen-bond donors (Lipinski definition) is 2. The molecule has 0 aliphatic heterocycles. The normalized spacial score (nSPS) is 18.0. The lowest BCUT2D eigenvalue weighted by Crippen LogP contribution is -2.47. The molecular formula is C22H36BrN3O2. The first-order valence-electron chi connectivity index (χ1n) is 10.5. The minimum absolute atomic E-state index is 0. The number of hydrogen-bond acceptors (Lipinski definition) is 3. The Hall–Kier alpha value is -1.43. The van der Waals surface area contributed by atoms with Crippen LogP contribution in [0.2, 0.25) is 0 Å². The summed E-state index contributed by atoms with van der Waals surface area (Å²) in [5, 5.41) is 7.15. The van der Waals surface area contributed by atoms with Crippen molar-refractivity contribution < 1.29 is 9.47 Å². The molecule has 0 bridgehead atoms. The van der Waals surface area contributed by atoms with Gasteiger partial charge < -0.3 is 20.1 Å². The van der Waals surface area contributed by atoms with Gasteiger partial charge in [0, 0.05) is 25.2 Å². The smallest absolute Gasteiger partial charge is 0.191 e. The Kier molecular flexibility index (Phi) is 9.96. The molecule has 0 aromatic heterocycles. The molecule has 2 N–H and O–H groups in total. The van der Waals surface area contributed by atoms with Crippen molar-refractivity contribution >= 4 is 22.9 Å². The molecule has 2 aliphatic carbocycles. The second kappa shape index (κ2) is 12.2. The van der Waals surface area contributed by atoms with Crippen LogP contribution in [-0.4, -0.2) is 39.3 Å². The van der Waals surface area contributed by atoms with Gasteiger partial charge in [-0.25, -0.2) is 0 Å². The van der Waals surface area contributed by atoms with E-state index in [4.69, 9.17) is 14.5 Å². The zero-order valence-corrected chi connectivity index (χ0v) is 19.0. The first-order valence-corrected chi connectivity index (χ1v) is 10.5. The molecule has 2 saturated carbocycles. The number of halogens is 1. The van der Waals surface area contributed by atoms with Gasteiger partial charge in [0.1, 0.15) is 11.5 Å². The largest absolute Gasteiger partial charge is 0.497 e. The van der Waals surface area contributed by atoms with Gasteiger partial charge in [-0.15, -0.1) is 17.0 Å². The van der Waals surface area contributed by atoms with Crippen LogP contribution in [0, 0.1) is 5.92 Å². The maximum absolute atomic E-state index is 5.37. The van der Waals surface area contributed by atoms with E-state index >= 15 is 0 Å². The van der Waals surface area contributed by atoms with Crippen LogP contribution in [0.4, 0.5) is 0 Å². The molecule has 0 radical (unpaired) electrons. The van der Waals surface area contributed by atoms with E-state index in [-0.39, 0.29) is 17.0 Å². The molecule has 0 amide bonds. The molecule has 1 aromatic carbocycles. The van der Waals surface area contributed by atoms with Crippen molar-refractivity contribution in [1.29, 1.82) is 0 Å². The average molecular weight is 454 g/mol. The monoisotopic (exact) mass is 453 g/mol. The Balaban J connectivity index is 0.00000280. The first-order chi connectivity index (χ1) is 13.3. The Morgan fingerprint density at radius 3 is 2.21 bits per heavy atom. The second-order valence-electron chi connectivity index (χ2n) is 7.86. The molecule has 3 rings (SSSR count). The molecule has 158 valence electrons. The van der Waals surface area contributed by atoms with E-state index in [0.29, 0.717) is 6.04 Å². The van der Waals surface area contributed by atoms with Gasteiger partial charge in [0.2, 0.25) is 0 Å². The van der Waals surface area contributed by atoms with Crippen LogP contribution < -0.4 is 20.1 Å². The van der Waals surface area contributed by atoms with Crippen LogP contribution in [0.25, 0.3) is 0 Å². The van der Waals surface area contributed by atoms with Gasteiger partial charge >= 0.3 is 0 Å². The Morgan fingerprint density at radius 1 is 0.964 bits per heavy atom. The summed E-state index contributed by atoms with van der Waals surface area (Å²) in [6.45, 7) is 1.80. The molecule has 0 spiro atoms. The summed E-state index contributed by atoms with van der Waals surface area (Å²) in [5.41, 5.74) is 1.20. The average Bonchev–Trinajstić information content (AvgIpc) is 2.68. The Labute approximate surface area is 180 Å². The molecule has 6 heteroatoms. The fraction of sp³-hybridized carbons (Fsp3) is 0.682. The van der Waals surface area contributed by atoms with Gasteiger partial charge in [-0.2, -0.15) is 0 Å². The molecule has 0 heterocycles. The minimum Gasteiger partial charge on any atom is -0.497 e. The van der Waals surface area contributed by atoms with Crippen molar-refractivity contribution in [2.75, 3.05) is 27.3 Å². The molecule has 0 atom stereocenters. The van der Waals surface area contributed by atoms with Crippen LogP contribution in [0.5, 0.6) is 11.5 Å². The second-order valence-corrected chi connectivity index (χ2v) is 7.86. The molecule has 2 aliphatic rings. The number of nitrogens with zero attached hydrogens (tertiary/aromatic N) is 1. The zero-order chi connectivity index (χ0) is 18.9. The van der Waals surface area contributed by atoms with Gasteiger partial charge in [0.05, 0.1) is 14.2 Å². The highest BCUT2D eigenvalue weighted by atomic mass is 79.9. The molecule has 5 nitrogen and oxygen atoms in total. The summed E-state index contributed by atoms with van der Waals surface area (Å²) in [6, 6.07) is 6.65. The number of rotatable bonds is 8. The van der Waals surface area contributed by atoms with E-state index in [9.17, 15) is 0 Å². The minimum atomic E-state index is 0. The predicted molar refractivity (Wildman–Crippen MR) is 121 cm³/mol. The van der Waals surface area contributed by atoms with Crippen LogP contribution >= 0.6 is 17.0 Å². The maximum Gasteiger partial charge on any atom is 0.191 e. The lowest BCUT2D eigenvalue weighted by Gasteiger charge is -2.29. The van der Waals surface area contributed by atoms with Crippen LogP contribution in [-0.2, 0) is 6.42 Å². The third-order valence-corrected chi connectivity index (χ3v) is 5.80. The highest BCUT2D eigenvalue weighted by molar-refractivity contribution is 8.93. The summed E-state index contributed by atoms with van der Waals surface area (Å²) in [4.78, 5) is 4.91. The number of aliphatic imine (C=N–C) groups is 1. The molecule has 1 aromatic rings. The summed E-state index contributed by atoms with van der Waals surface area (Å²) < 4.78 is 10.7. The lowest BCUT2D eigenvalue weighted by molar-refractivity contribution is 0.362. The van der Waals surface area contributed by atoms with Crippen LogP contribution in [0.15, 0.2) is 23.2 Å². The number of benzene rings is 1. The quantitative estimate of drug-likeness (QED) is 0.449. The van der Waals surface area contributed by atoms with Crippen molar-refractivity contribution in [3.8, 4) is 11.5 Å². The van der Waals surface area contributed by atoms with Crippen LogP contribution in [0.3, 0.4) is 0 Å². The summed E-state index contributed by atoms with van der Waals surface area (Å²) in [5.74, 6) is 3.42. The van der Waals surface area contributed by atoms with E-state index in [1.807, 2.05) is 6.07 Å². The number of nitrogens with one attached hydrogen (secondary N) is 2. The third kappa shape index (κ3) is 7.19. The molecule has 2 fully saturated rings. The van der Waals surface area contributed by atoms with E-state index in [1.165, 1.54) is 56.9 Å². The van der Waals surface area contributed by atoms with Gasteiger partial charge in [-0.1, -0.05) is 19.3 Å². The molecule has 0 unspecified atom stereocenters. The lowest BCUT2D eigenvalue weighted by atomic mass is 9.89. The van der Waals surface area contributed by atoms with Crippen molar-refractivity contribution in [3.05, 3.63) is 23.8 Å². The van der Waals surface area contributed by atoms with Gasteiger partial charge in [-0.05, 0) is 62.1 Å². The van der Waals surface area contributed by atoms with Crippen molar-refractivity contribution in [2.45, 2.75) is 63.8 Å². The SMILES string of the molecule is Br.COc1cc(CCNC(=NCC2CCCCC2)NC2CCC2)cc(OC)c1. The molecular weight excluding hydrogens is 418 g/mol. The van der Waals surface area contributed by atoms with E-state index in [2.05, 4.69) is 22.8 Å². The van der Waals surface area contributed by atoms with Crippen molar-refractivity contribution in [3.63, 3.8) is 0 Å². The van der Waals surface area contributed by atoms with Crippen LogP contribution in [0.1, 0.15) is 56.9 Å². The zero-order valence-electron chi connectivity index (χ0n) is 17.3. The Bertz CT molecular complexity index is 592. The van der Waals surface area contributed by atoms with E-state index in [1.54, 1.807) is 14.2 Å². The maximum atomic E-state index is 5.37. The summed E-state index contributed by atoms with van der Waals surface area (Å²) in [7, 11) is 3.38. The van der Waals surface area contributed by atoms with Gasteiger partial charge in [0.15, 0.2) is 5.96 Å². The molecule has 0 saturated heterocycles. The predicted octanol–water partition coefficient (Wildman–Crippen LogP) is 4.49. The number of guanidine groups is 1. The highest BCUT2D eigenvalue weighted by Gasteiger charge is 2.19. The molecule has 28 heavy (non-hydrogen) atoms. The van der Waals surface area contributed by atoms with Gasteiger partial charge in [0.25, 0.3) is 0 Å². The van der Waals surface area contributed by atoms with E-state index in [0.717, 1.165) is 42.9 Å². The van der Waals surface area contributed by atoms with E-state index < -0.39 is 0 Å². The fourth-order valence-electron chi connectivity index (χ4n) is 3.82. The topological polar surface area (TPSA) is 54.9 Å². The third-order valence-electron chi connectivity index (χ3n) is 5.80. The number of methoxy groups -OCH3 is 2. The first kappa shape index (κ1) is 22.9. The van der Waals surface area contributed by atoms with Crippen molar-refractivity contribution in [1.82, 2.24) is 10.6 Å². The number of ether oxygens (including phenoxy) is 2. The Morgan fingerprint density at radius 2 is 1.64 bits per heavy atom. The van der Waals surface area contributed by atoms with Crippen molar-refractivity contribution in [2.24, 2.45) is 10.9 Å². The standard InChI is InChI=1S/C22H35N3O2.BrH/c1-26-20-13-18(14-21(15-20)27-2)11-12-23-22(25-19-9-6-10-19)24-16-17-7-4-3-5-8-17;/h13-15,17,19H,3-12,16H2,1-2H3,(H2,23,24,25);1H. The fourth-order valence-corrected chi connectivity index (χ4v) is 3.82. The highest BCUT2D eigenvalue weighted by Crippen LogP contribution is 2.24.